The Morgan fingerprint density at radius 2 is 1.76 bits per heavy atom. The molecule has 0 spiro atoms. The first kappa shape index (κ1) is 22.7. The van der Waals surface area contributed by atoms with Crippen LogP contribution in [0.5, 0.6) is 0 Å². The van der Waals surface area contributed by atoms with Gasteiger partial charge in [-0.3, -0.25) is 0 Å². The predicted octanol–water partition coefficient (Wildman–Crippen LogP) is 4.29. The van der Waals surface area contributed by atoms with Crippen molar-refractivity contribution in [3.63, 3.8) is 0 Å². The van der Waals surface area contributed by atoms with Crippen LogP contribution >= 0.6 is 0 Å². The Kier molecular flexibility index (Phi) is 6.67. The molecule has 1 saturated carbocycles. The maximum absolute atomic E-state index is 14.6. The quantitative estimate of drug-likeness (QED) is 0.534. The molecule has 34 heavy (non-hydrogen) atoms. The zero-order valence-corrected chi connectivity index (χ0v) is 19.5. The van der Waals surface area contributed by atoms with Gasteiger partial charge < -0.3 is 15.4 Å². The second-order valence-corrected chi connectivity index (χ2v) is 9.39. The molecule has 1 saturated heterocycles. The van der Waals surface area contributed by atoms with Crippen LogP contribution in [0.4, 0.5) is 16.3 Å². The number of aryl methyl sites for hydroxylation is 1. The van der Waals surface area contributed by atoms with Crippen molar-refractivity contribution in [2.45, 2.75) is 39.2 Å². The lowest BCUT2D eigenvalue weighted by molar-refractivity contribution is 0.104. The molecule has 178 valence electrons. The smallest absolute Gasteiger partial charge is 0.225 e. The Balaban J connectivity index is 1.05. The van der Waals surface area contributed by atoms with E-state index in [0.29, 0.717) is 23.7 Å². The van der Waals surface area contributed by atoms with Gasteiger partial charge in [0.25, 0.3) is 0 Å². The van der Waals surface area contributed by atoms with Crippen molar-refractivity contribution >= 4 is 11.9 Å². The molecular formula is C26H31FN6O. The fraction of sp³-hybridized carbons (Fsp3) is 0.462. The van der Waals surface area contributed by atoms with Crippen LogP contribution < -0.4 is 10.6 Å². The summed E-state index contributed by atoms with van der Waals surface area (Å²) in [5.74, 6) is 2.84. The van der Waals surface area contributed by atoms with Crippen molar-refractivity contribution in [2.75, 3.05) is 30.3 Å². The average Bonchev–Trinajstić information content (AvgIpc) is 3.65. The minimum Gasteiger partial charge on any atom is -0.376 e. The topological polar surface area (TPSA) is 90.0 Å². The summed E-state index contributed by atoms with van der Waals surface area (Å²) >= 11 is 0. The lowest BCUT2D eigenvalue weighted by Gasteiger charge is -2.32. The van der Waals surface area contributed by atoms with Crippen molar-refractivity contribution in [3.05, 3.63) is 59.9 Å². The molecular weight excluding hydrogens is 431 g/mol. The third kappa shape index (κ3) is 5.17. The van der Waals surface area contributed by atoms with Crippen LogP contribution in [0.25, 0.3) is 11.1 Å². The first-order valence-corrected chi connectivity index (χ1v) is 12.1. The van der Waals surface area contributed by atoms with Crippen molar-refractivity contribution in [1.29, 1.82) is 0 Å². The molecule has 1 aliphatic heterocycles. The molecule has 2 atom stereocenters. The summed E-state index contributed by atoms with van der Waals surface area (Å²) in [5, 5.41) is 0. The van der Waals surface area contributed by atoms with Gasteiger partial charge in [-0.15, -0.1) is 0 Å². The molecule has 7 nitrogen and oxygen atoms in total. The van der Waals surface area contributed by atoms with Crippen LogP contribution in [-0.4, -0.2) is 39.6 Å². The number of nitrogens with two attached hydrogens (primary N) is 1. The van der Waals surface area contributed by atoms with Gasteiger partial charge >= 0.3 is 0 Å². The molecule has 0 unspecified atom stereocenters. The predicted molar refractivity (Wildman–Crippen MR) is 129 cm³/mol. The van der Waals surface area contributed by atoms with Gasteiger partial charge in [0.05, 0.1) is 13.2 Å². The van der Waals surface area contributed by atoms with E-state index < -0.39 is 0 Å². The summed E-state index contributed by atoms with van der Waals surface area (Å²) in [5.41, 5.74) is 8.58. The normalized spacial score (nSPS) is 20.5. The molecule has 3 heterocycles. The fourth-order valence-corrected chi connectivity index (χ4v) is 4.95. The number of rotatable bonds is 8. The highest BCUT2D eigenvalue weighted by Crippen LogP contribution is 2.48. The number of ether oxygens (including phenoxy) is 1. The summed E-state index contributed by atoms with van der Waals surface area (Å²) in [6.07, 6.45) is 11.5. The third-order valence-electron chi connectivity index (χ3n) is 7.12. The number of halogens is 1. The second kappa shape index (κ2) is 10.0. The van der Waals surface area contributed by atoms with Gasteiger partial charge in [-0.1, -0.05) is 19.1 Å². The van der Waals surface area contributed by atoms with Crippen LogP contribution in [0.15, 0.2) is 43.0 Å². The van der Waals surface area contributed by atoms with Crippen molar-refractivity contribution in [2.24, 2.45) is 17.8 Å². The van der Waals surface area contributed by atoms with E-state index in [2.05, 4.69) is 31.8 Å². The Labute approximate surface area is 199 Å². The van der Waals surface area contributed by atoms with Crippen LogP contribution in [0.1, 0.15) is 37.3 Å². The van der Waals surface area contributed by atoms with E-state index in [-0.39, 0.29) is 11.8 Å². The van der Waals surface area contributed by atoms with Gasteiger partial charge in [-0.05, 0) is 60.6 Å². The standard InChI is InChI=1S/C26H31FN6O/c1-2-17-11-31-26(32-12-17)33-7-5-19(6-8-33)23-10-20(23)16-34-15-18-3-4-22(24(27)9-18)21-13-29-25(28)30-14-21/h3-4,9,11-14,19-20,23H,2,5-8,10,15-16H2,1H3,(H2,28,29,30)/t20-,23+/m0/s1. The number of nitrogen functional groups attached to an aromatic ring is 1. The van der Waals surface area contributed by atoms with Crippen molar-refractivity contribution in [1.82, 2.24) is 19.9 Å². The van der Waals surface area contributed by atoms with Crippen LogP contribution in [0.2, 0.25) is 0 Å². The van der Waals surface area contributed by atoms with Crippen LogP contribution in [0, 0.1) is 23.6 Å². The van der Waals surface area contributed by atoms with E-state index in [0.717, 1.165) is 49.5 Å². The third-order valence-corrected chi connectivity index (χ3v) is 7.12. The minimum atomic E-state index is -0.307. The molecule has 0 amide bonds. The van der Waals surface area contributed by atoms with E-state index in [4.69, 9.17) is 10.5 Å². The first-order chi connectivity index (χ1) is 16.6. The lowest BCUT2D eigenvalue weighted by atomic mass is 9.91. The van der Waals surface area contributed by atoms with Gasteiger partial charge in [0, 0.05) is 49.0 Å². The van der Waals surface area contributed by atoms with E-state index in [1.54, 1.807) is 6.07 Å². The molecule has 1 aliphatic carbocycles. The van der Waals surface area contributed by atoms with Crippen molar-refractivity contribution < 1.29 is 9.13 Å². The Bertz CT molecular complexity index is 1100. The number of anilines is 2. The molecule has 5 rings (SSSR count). The summed E-state index contributed by atoms with van der Waals surface area (Å²) in [7, 11) is 0. The molecule has 2 N–H and O–H groups in total. The molecule has 0 radical (unpaired) electrons. The van der Waals surface area contributed by atoms with Gasteiger partial charge in [0.15, 0.2) is 0 Å². The maximum Gasteiger partial charge on any atom is 0.225 e. The Morgan fingerprint density at radius 1 is 1.03 bits per heavy atom. The highest BCUT2D eigenvalue weighted by Gasteiger charge is 2.43. The Hall–Kier alpha value is -3.13. The second-order valence-electron chi connectivity index (χ2n) is 9.39. The minimum absolute atomic E-state index is 0.175. The lowest BCUT2D eigenvalue weighted by Crippen LogP contribution is -2.35. The molecule has 3 aromatic rings. The first-order valence-electron chi connectivity index (χ1n) is 12.1. The van der Waals surface area contributed by atoms with E-state index in [1.165, 1.54) is 43.3 Å². The summed E-state index contributed by atoms with van der Waals surface area (Å²) in [6.45, 7) is 5.31. The highest BCUT2D eigenvalue weighted by atomic mass is 19.1. The zero-order chi connectivity index (χ0) is 23.5. The van der Waals surface area contributed by atoms with Gasteiger partial charge in [0.1, 0.15) is 5.82 Å². The SMILES string of the molecule is CCc1cnc(N2CCC([C@H]3C[C@H]3COCc3ccc(-c4cnc(N)nc4)c(F)c3)CC2)nc1. The monoisotopic (exact) mass is 462 g/mol. The number of hydrogen-bond donors (Lipinski definition) is 1. The molecule has 1 aromatic carbocycles. The molecule has 0 bridgehead atoms. The summed E-state index contributed by atoms with van der Waals surface area (Å²) in [4.78, 5) is 19.2. The molecule has 2 aromatic heterocycles. The van der Waals surface area contributed by atoms with Gasteiger partial charge in [-0.25, -0.2) is 24.3 Å². The van der Waals surface area contributed by atoms with E-state index in [9.17, 15) is 4.39 Å². The van der Waals surface area contributed by atoms with Crippen molar-refractivity contribution in [3.8, 4) is 11.1 Å². The number of hydrogen-bond acceptors (Lipinski definition) is 7. The van der Waals surface area contributed by atoms with E-state index >= 15 is 0 Å². The molecule has 2 fully saturated rings. The molecule has 2 aliphatic rings. The average molecular weight is 463 g/mol. The van der Waals surface area contributed by atoms with Crippen LogP contribution in [0.3, 0.4) is 0 Å². The number of aromatic nitrogens is 4. The van der Waals surface area contributed by atoms with Gasteiger partial charge in [0.2, 0.25) is 11.9 Å². The molecule has 8 heteroatoms. The van der Waals surface area contributed by atoms with E-state index in [1.807, 2.05) is 18.5 Å². The van der Waals surface area contributed by atoms with Crippen LogP contribution in [-0.2, 0) is 17.8 Å². The summed E-state index contributed by atoms with van der Waals surface area (Å²) in [6, 6.07) is 5.17. The maximum atomic E-state index is 14.6. The zero-order valence-electron chi connectivity index (χ0n) is 19.5. The number of piperidine rings is 1. The Morgan fingerprint density at radius 3 is 2.44 bits per heavy atom. The van der Waals surface area contributed by atoms with Gasteiger partial charge in [-0.2, -0.15) is 0 Å². The summed E-state index contributed by atoms with van der Waals surface area (Å²) < 4.78 is 20.5. The number of benzene rings is 1. The largest absolute Gasteiger partial charge is 0.376 e. The number of nitrogens with zero attached hydrogens (tertiary/aromatic N) is 5. The fourth-order valence-electron chi connectivity index (χ4n) is 4.95. The highest BCUT2D eigenvalue weighted by molar-refractivity contribution is 5.63.